The first-order valence-corrected chi connectivity index (χ1v) is 8.87. The number of azo groups is 1. The molecule has 0 aliphatic heterocycles. The first-order chi connectivity index (χ1) is 13.5. The highest BCUT2D eigenvalue weighted by atomic mass is 16.5. The van der Waals surface area contributed by atoms with Crippen molar-refractivity contribution in [3.8, 4) is 11.6 Å². The zero-order valence-electron chi connectivity index (χ0n) is 15.6. The molecule has 28 heavy (non-hydrogen) atoms. The predicted molar refractivity (Wildman–Crippen MR) is 108 cm³/mol. The van der Waals surface area contributed by atoms with Crippen LogP contribution in [0.4, 0.5) is 5.69 Å². The van der Waals surface area contributed by atoms with Gasteiger partial charge in [0.15, 0.2) is 12.3 Å². The zero-order chi connectivity index (χ0) is 19.7. The third kappa shape index (κ3) is 3.32. The molecule has 0 bridgehead atoms. The number of hydrogen-bond donors (Lipinski definition) is 1. The smallest absolute Gasteiger partial charge is 0.302 e. The second-order valence-electron chi connectivity index (χ2n) is 6.64. The van der Waals surface area contributed by atoms with Gasteiger partial charge in [-0.3, -0.25) is 4.79 Å². The number of benzene rings is 3. The van der Waals surface area contributed by atoms with Crippen molar-refractivity contribution in [1.82, 2.24) is 4.57 Å². The molecule has 0 aliphatic rings. The van der Waals surface area contributed by atoms with Gasteiger partial charge in [-0.2, -0.15) is 0 Å². The number of aryl methyl sites for hydroxylation is 2. The molecule has 1 heterocycles. The van der Waals surface area contributed by atoms with Gasteiger partial charge >= 0.3 is 5.91 Å². The Kier molecular flexibility index (Phi) is 4.53. The van der Waals surface area contributed by atoms with Crippen molar-refractivity contribution in [1.29, 1.82) is 0 Å². The van der Waals surface area contributed by atoms with Gasteiger partial charge in [-0.15, -0.1) is 10.2 Å². The van der Waals surface area contributed by atoms with Crippen LogP contribution in [0.5, 0.6) is 11.6 Å². The van der Waals surface area contributed by atoms with E-state index in [0.29, 0.717) is 5.75 Å². The number of nitrogens with zero attached hydrogens (tertiary/aromatic N) is 3. The standard InChI is InChI=1S/C22H19N3O3/c1-14-7-10-19-18(11-14)21(22(27)25(19)2)24-23-20(26)13-28-17-9-8-15-5-3-4-6-16(15)12-17/h3-12,27H,13H2,1-2H3. The molecule has 0 fully saturated rings. The summed E-state index contributed by atoms with van der Waals surface area (Å²) in [6.07, 6.45) is 0. The number of ether oxygens (including phenoxy) is 1. The SMILES string of the molecule is Cc1ccc2c(c1)c(N=NC(=O)COc1ccc3ccccc3c1)c(O)n2C. The minimum Gasteiger partial charge on any atom is -0.493 e. The molecule has 0 radical (unpaired) electrons. The van der Waals surface area contributed by atoms with Crippen molar-refractivity contribution in [2.24, 2.45) is 17.3 Å². The molecule has 4 rings (SSSR count). The lowest BCUT2D eigenvalue weighted by Crippen LogP contribution is -2.07. The number of aromatic hydroxyl groups is 1. The van der Waals surface area contributed by atoms with Gasteiger partial charge in [0.25, 0.3) is 0 Å². The molecule has 6 heteroatoms. The molecule has 1 amide bonds. The van der Waals surface area contributed by atoms with Crippen molar-refractivity contribution in [2.75, 3.05) is 6.61 Å². The summed E-state index contributed by atoms with van der Waals surface area (Å²) in [5.74, 6) is 0.0238. The van der Waals surface area contributed by atoms with Crippen LogP contribution >= 0.6 is 0 Å². The monoisotopic (exact) mass is 373 g/mol. The molecular weight excluding hydrogens is 354 g/mol. The van der Waals surface area contributed by atoms with Crippen LogP contribution in [0, 0.1) is 6.92 Å². The number of hydrogen-bond acceptors (Lipinski definition) is 4. The molecule has 4 aromatic rings. The molecule has 0 saturated carbocycles. The molecule has 3 aromatic carbocycles. The highest BCUT2D eigenvalue weighted by molar-refractivity contribution is 5.95. The maximum absolute atomic E-state index is 12.1. The number of carbonyl (C=O) groups excluding carboxylic acids is 1. The van der Waals surface area contributed by atoms with Gasteiger partial charge in [0, 0.05) is 12.4 Å². The quantitative estimate of drug-likeness (QED) is 0.510. The molecule has 1 N–H and O–H groups in total. The molecule has 0 aliphatic carbocycles. The van der Waals surface area contributed by atoms with Crippen molar-refractivity contribution >= 4 is 33.3 Å². The van der Waals surface area contributed by atoms with Gasteiger partial charge in [-0.25, -0.2) is 0 Å². The lowest BCUT2D eigenvalue weighted by Gasteiger charge is -2.04. The summed E-state index contributed by atoms with van der Waals surface area (Å²) in [7, 11) is 1.73. The van der Waals surface area contributed by atoms with Crippen LogP contribution in [0.2, 0.25) is 0 Å². The van der Waals surface area contributed by atoms with Crippen LogP contribution in [0.25, 0.3) is 21.7 Å². The van der Waals surface area contributed by atoms with Crippen LogP contribution in [0.3, 0.4) is 0 Å². The summed E-state index contributed by atoms with van der Waals surface area (Å²) < 4.78 is 7.15. The lowest BCUT2D eigenvalue weighted by atomic mass is 10.1. The second kappa shape index (κ2) is 7.15. The Bertz CT molecular complexity index is 1220. The minimum absolute atomic E-state index is 0.0346. The van der Waals surface area contributed by atoms with Crippen LogP contribution < -0.4 is 4.74 Å². The highest BCUT2D eigenvalue weighted by Gasteiger charge is 2.15. The Morgan fingerprint density at radius 3 is 2.68 bits per heavy atom. The van der Waals surface area contributed by atoms with E-state index in [1.165, 1.54) is 0 Å². The lowest BCUT2D eigenvalue weighted by molar-refractivity contribution is -0.120. The summed E-state index contributed by atoms with van der Waals surface area (Å²) in [6, 6.07) is 19.3. The largest absolute Gasteiger partial charge is 0.493 e. The van der Waals surface area contributed by atoms with E-state index in [4.69, 9.17) is 4.74 Å². The normalized spacial score (nSPS) is 11.5. The predicted octanol–water partition coefficient (Wildman–Crippen LogP) is 5.03. The number of carbonyl (C=O) groups is 1. The fourth-order valence-electron chi connectivity index (χ4n) is 3.16. The molecule has 1 aromatic heterocycles. The summed E-state index contributed by atoms with van der Waals surface area (Å²) in [6.45, 7) is 1.72. The van der Waals surface area contributed by atoms with Gasteiger partial charge in [-0.05, 0) is 42.0 Å². The highest BCUT2D eigenvalue weighted by Crippen LogP contribution is 2.38. The van der Waals surface area contributed by atoms with E-state index in [1.807, 2.05) is 67.6 Å². The fraction of sp³-hybridized carbons (Fsp3) is 0.136. The van der Waals surface area contributed by atoms with Gasteiger partial charge in [0.2, 0.25) is 5.88 Å². The Balaban J connectivity index is 1.50. The van der Waals surface area contributed by atoms with Crippen LogP contribution in [0.1, 0.15) is 5.56 Å². The molecule has 0 unspecified atom stereocenters. The van der Waals surface area contributed by atoms with Crippen LogP contribution in [-0.2, 0) is 11.8 Å². The molecule has 0 atom stereocenters. The van der Waals surface area contributed by atoms with Crippen LogP contribution in [-0.4, -0.2) is 22.2 Å². The third-order valence-corrected chi connectivity index (χ3v) is 4.64. The van der Waals surface area contributed by atoms with Crippen molar-refractivity contribution in [2.45, 2.75) is 6.92 Å². The first kappa shape index (κ1) is 17.7. The molecule has 0 spiro atoms. The summed E-state index contributed by atoms with van der Waals surface area (Å²) in [5, 5.41) is 20.9. The van der Waals surface area contributed by atoms with Crippen LogP contribution in [0.15, 0.2) is 70.9 Å². The number of aromatic nitrogens is 1. The van der Waals surface area contributed by atoms with Crippen molar-refractivity contribution in [3.05, 3.63) is 66.2 Å². The van der Waals surface area contributed by atoms with E-state index < -0.39 is 5.91 Å². The number of fused-ring (bicyclic) bond motifs is 2. The Labute approximate surface area is 161 Å². The average molecular weight is 373 g/mol. The average Bonchev–Trinajstić information content (AvgIpc) is 2.94. The summed E-state index contributed by atoms with van der Waals surface area (Å²) in [4.78, 5) is 12.1. The van der Waals surface area contributed by atoms with Gasteiger partial charge in [0.1, 0.15) is 5.75 Å². The summed E-state index contributed by atoms with van der Waals surface area (Å²) >= 11 is 0. The Hall–Kier alpha value is -3.67. The fourth-order valence-corrected chi connectivity index (χ4v) is 3.16. The van der Waals surface area contributed by atoms with Gasteiger partial charge < -0.3 is 14.4 Å². The van der Waals surface area contributed by atoms with Gasteiger partial charge in [0.05, 0.1) is 5.52 Å². The van der Waals surface area contributed by atoms with E-state index >= 15 is 0 Å². The maximum Gasteiger partial charge on any atom is 0.302 e. The number of rotatable bonds is 4. The van der Waals surface area contributed by atoms with E-state index in [0.717, 1.165) is 27.2 Å². The molecule has 6 nitrogen and oxygen atoms in total. The van der Waals surface area contributed by atoms with Crippen molar-refractivity contribution in [3.63, 3.8) is 0 Å². The second-order valence-corrected chi connectivity index (χ2v) is 6.64. The van der Waals surface area contributed by atoms with Crippen molar-refractivity contribution < 1.29 is 14.6 Å². The Morgan fingerprint density at radius 2 is 1.86 bits per heavy atom. The third-order valence-electron chi connectivity index (χ3n) is 4.64. The van der Waals surface area contributed by atoms with E-state index in [1.54, 1.807) is 11.6 Å². The van der Waals surface area contributed by atoms with E-state index in [2.05, 4.69) is 10.2 Å². The molecular formula is C22H19N3O3. The number of amides is 1. The zero-order valence-corrected chi connectivity index (χ0v) is 15.6. The Morgan fingerprint density at radius 1 is 1.07 bits per heavy atom. The summed E-state index contributed by atoms with van der Waals surface area (Å²) in [5.41, 5.74) is 2.12. The van der Waals surface area contributed by atoms with E-state index in [9.17, 15) is 9.90 Å². The first-order valence-electron chi connectivity index (χ1n) is 8.87. The van der Waals surface area contributed by atoms with Gasteiger partial charge in [-0.1, -0.05) is 42.0 Å². The maximum atomic E-state index is 12.1. The van der Waals surface area contributed by atoms with E-state index in [-0.39, 0.29) is 18.2 Å². The molecule has 0 saturated heterocycles. The minimum atomic E-state index is -0.530. The molecule has 140 valence electrons. The topological polar surface area (TPSA) is 76.2 Å².